The van der Waals surface area contributed by atoms with Crippen LogP contribution in [0.1, 0.15) is 37.3 Å². The van der Waals surface area contributed by atoms with Crippen LogP contribution in [0.2, 0.25) is 0 Å². The van der Waals surface area contributed by atoms with Crippen molar-refractivity contribution in [3.05, 3.63) is 83.9 Å². The van der Waals surface area contributed by atoms with Gasteiger partial charge in [0.1, 0.15) is 18.1 Å². The molecule has 3 aromatic carbocycles. The maximum Gasteiger partial charge on any atom is 0.246 e. The number of carbonyl (C=O) groups is 5. The van der Waals surface area contributed by atoms with Crippen LogP contribution < -0.4 is 10.6 Å². The molecule has 0 bridgehead atoms. The molecule has 3 atom stereocenters. The normalized spacial score (nSPS) is 12.8. The molecule has 0 aliphatic carbocycles. The van der Waals surface area contributed by atoms with Crippen LogP contribution in [0.25, 0.3) is 10.8 Å². The van der Waals surface area contributed by atoms with Crippen LogP contribution in [0.15, 0.2) is 72.8 Å². The molecule has 0 aliphatic rings. The molecule has 5 amide bonds. The number of hydrogen-bond donors (Lipinski definition) is 2. The van der Waals surface area contributed by atoms with E-state index in [1.807, 2.05) is 72.8 Å². The third-order valence-corrected chi connectivity index (χ3v) is 7.92. The molecule has 240 valence electrons. The van der Waals surface area contributed by atoms with E-state index in [4.69, 9.17) is 0 Å². The standard InChI is InChI=1S/C35H45N5O5/c1-25(42)36-20-12-11-17-30(34(44)38(2)3)37-33(43)31(22-26-13-7-6-8-14-26)40(5)35(45)32(39(4)24-41)23-27-18-19-28-15-9-10-16-29(28)21-27/h6-10,13-16,18-19,21,24,30-32H,11-12,17,20,22-23H2,1-5H3,(H,36,42)(H,37,43)/t30-,31+,32+/m0/s1. The number of rotatable bonds is 16. The molecule has 0 saturated heterocycles. The van der Waals surface area contributed by atoms with E-state index in [0.717, 1.165) is 21.9 Å². The summed E-state index contributed by atoms with van der Waals surface area (Å²) in [6.45, 7) is 1.92. The average molecular weight is 616 g/mol. The highest BCUT2D eigenvalue weighted by Crippen LogP contribution is 2.20. The lowest BCUT2D eigenvalue weighted by Crippen LogP contribution is -2.57. The van der Waals surface area contributed by atoms with Crippen molar-refractivity contribution in [2.75, 3.05) is 34.7 Å². The Labute approximate surface area is 265 Å². The molecule has 0 heterocycles. The first-order valence-corrected chi connectivity index (χ1v) is 15.2. The SMILES string of the molecule is CC(=O)NCCCC[C@H](NC(=O)[C@@H](Cc1ccccc1)N(C)C(=O)[C@@H](Cc1ccc2ccccc2c1)N(C)C=O)C(=O)N(C)C. The zero-order chi connectivity index (χ0) is 32.9. The quantitative estimate of drug-likeness (QED) is 0.190. The molecule has 0 aliphatic heterocycles. The largest absolute Gasteiger partial charge is 0.356 e. The second-order valence-electron chi connectivity index (χ2n) is 11.6. The Hall–Kier alpha value is -4.73. The van der Waals surface area contributed by atoms with Crippen LogP contribution in [0.5, 0.6) is 0 Å². The van der Waals surface area contributed by atoms with Gasteiger partial charge in [-0.05, 0) is 41.2 Å². The molecule has 3 aromatic rings. The fraction of sp³-hybridized carbons (Fsp3) is 0.400. The summed E-state index contributed by atoms with van der Waals surface area (Å²) >= 11 is 0. The summed E-state index contributed by atoms with van der Waals surface area (Å²) in [5, 5.41) is 7.75. The molecule has 0 aromatic heterocycles. The van der Waals surface area contributed by atoms with Gasteiger partial charge in [-0.25, -0.2) is 0 Å². The topological polar surface area (TPSA) is 119 Å². The number of benzene rings is 3. The zero-order valence-electron chi connectivity index (χ0n) is 26.9. The maximum absolute atomic E-state index is 14.1. The summed E-state index contributed by atoms with van der Waals surface area (Å²) in [5.74, 6) is -1.24. The van der Waals surface area contributed by atoms with Crippen molar-refractivity contribution in [1.82, 2.24) is 25.3 Å². The molecule has 3 rings (SSSR count). The number of likely N-dealkylation sites (N-methyl/N-ethyl adjacent to an activating group) is 3. The fourth-order valence-electron chi connectivity index (χ4n) is 5.27. The van der Waals surface area contributed by atoms with Crippen molar-refractivity contribution in [3.8, 4) is 0 Å². The predicted octanol–water partition coefficient (Wildman–Crippen LogP) is 2.79. The maximum atomic E-state index is 14.1. The highest BCUT2D eigenvalue weighted by Gasteiger charge is 2.35. The minimum absolute atomic E-state index is 0.125. The third kappa shape index (κ3) is 10.2. The van der Waals surface area contributed by atoms with Gasteiger partial charge in [0, 0.05) is 54.5 Å². The minimum Gasteiger partial charge on any atom is -0.356 e. The van der Waals surface area contributed by atoms with Crippen LogP contribution in [0, 0.1) is 0 Å². The molecular weight excluding hydrogens is 570 g/mol. The Kier molecular flexibility index (Phi) is 13.1. The van der Waals surface area contributed by atoms with Gasteiger partial charge in [-0.15, -0.1) is 0 Å². The first kappa shape index (κ1) is 34.8. The van der Waals surface area contributed by atoms with E-state index in [-0.39, 0.29) is 30.6 Å². The molecule has 0 saturated carbocycles. The Morgan fingerprint density at radius 2 is 1.40 bits per heavy atom. The average Bonchev–Trinajstić information content (AvgIpc) is 3.04. The van der Waals surface area contributed by atoms with Crippen molar-refractivity contribution in [2.24, 2.45) is 0 Å². The highest BCUT2D eigenvalue weighted by molar-refractivity contribution is 5.93. The molecule has 45 heavy (non-hydrogen) atoms. The van der Waals surface area contributed by atoms with Crippen LogP contribution in [-0.2, 0) is 36.8 Å². The lowest BCUT2D eigenvalue weighted by molar-refractivity contribution is -0.145. The van der Waals surface area contributed by atoms with E-state index >= 15 is 0 Å². The molecular formula is C35H45N5O5. The number of nitrogens with one attached hydrogen (secondary N) is 2. The second-order valence-corrected chi connectivity index (χ2v) is 11.6. The number of fused-ring (bicyclic) bond motifs is 1. The fourth-order valence-corrected chi connectivity index (χ4v) is 5.27. The number of carbonyl (C=O) groups excluding carboxylic acids is 5. The van der Waals surface area contributed by atoms with E-state index in [2.05, 4.69) is 10.6 Å². The van der Waals surface area contributed by atoms with Crippen molar-refractivity contribution < 1.29 is 24.0 Å². The van der Waals surface area contributed by atoms with Gasteiger partial charge in [0.2, 0.25) is 30.0 Å². The van der Waals surface area contributed by atoms with E-state index in [0.29, 0.717) is 32.2 Å². The van der Waals surface area contributed by atoms with Gasteiger partial charge < -0.3 is 25.3 Å². The van der Waals surface area contributed by atoms with Crippen molar-refractivity contribution >= 4 is 40.8 Å². The van der Waals surface area contributed by atoms with E-state index in [1.165, 1.54) is 21.6 Å². The molecule has 2 N–H and O–H groups in total. The summed E-state index contributed by atoms with van der Waals surface area (Å²) in [6, 6.07) is 20.6. The van der Waals surface area contributed by atoms with Crippen molar-refractivity contribution in [1.29, 1.82) is 0 Å². The minimum atomic E-state index is -0.948. The smallest absolute Gasteiger partial charge is 0.246 e. The molecule has 10 heteroatoms. The number of amides is 5. The summed E-state index contributed by atoms with van der Waals surface area (Å²) in [6.07, 6.45) is 2.72. The van der Waals surface area contributed by atoms with Crippen LogP contribution in [0.3, 0.4) is 0 Å². The van der Waals surface area contributed by atoms with Gasteiger partial charge in [-0.1, -0.05) is 72.8 Å². The Bertz CT molecular complexity index is 1460. The second kappa shape index (κ2) is 16.9. The number of unbranched alkanes of at least 4 members (excludes halogenated alkanes) is 1. The Balaban J connectivity index is 1.86. The summed E-state index contributed by atoms with van der Waals surface area (Å²) in [5.41, 5.74) is 1.73. The molecule has 10 nitrogen and oxygen atoms in total. The summed E-state index contributed by atoms with van der Waals surface area (Å²) in [7, 11) is 6.38. The van der Waals surface area contributed by atoms with Gasteiger partial charge in [0.05, 0.1) is 0 Å². The summed E-state index contributed by atoms with van der Waals surface area (Å²) in [4.78, 5) is 68.5. The van der Waals surface area contributed by atoms with Crippen LogP contribution >= 0.6 is 0 Å². The Morgan fingerprint density at radius 3 is 2.04 bits per heavy atom. The molecule has 0 spiro atoms. The first-order chi connectivity index (χ1) is 21.5. The first-order valence-electron chi connectivity index (χ1n) is 15.2. The van der Waals surface area contributed by atoms with E-state index in [1.54, 1.807) is 28.2 Å². The van der Waals surface area contributed by atoms with E-state index < -0.39 is 24.0 Å². The molecule has 0 fully saturated rings. The summed E-state index contributed by atoms with van der Waals surface area (Å²) < 4.78 is 0. The van der Waals surface area contributed by atoms with Gasteiger partial charge >= 0.3 is 0 Å². The highest BCUT2D eigenvalue weighted by atomic mass is 16.2. The Morgan fingerprint density at radius 1 is 0.756 bits per heavy atom. The molecule has 0 unspecified atom stereocenters. The van der Waals surface area contributed by atoms with Crippen LogP contribution in [-0.4, -0.2) is 97.6 Å². The van der Waals surface area contributed by atoms with Gasteiger partial charge in [-0.2, -0.15) is 0 Å². The monoisotopic (exact) mass is 615 g/mol. The van der Waals surface area contributed by atoms with Gasteiger partial charge in [-0.3, -0.25) is 24.0 Å². The predicted molar refractivity (Wildman–Crippen MR) is 175 cm³/mol. The third-order valence-electron chi connectivity index (χ3n) is 7.92. The zero-order valence-corrected chi connectivity index (χ0v) is 26.9. The van der Waals surface area contributed by atoms with Crippen molar-refractivity contribution in [3.63, 3.8) is 0 Å². The number of hydrogen-bond acceptors (Lipinski definition) is 5. The molecule has 0 radical (unpaired) electrons. The number of nitrogens with zero attached hydrogens (tertiary/aromatic N) is 3. The van der Waals surface area contributed by atoms with Crippen molar-refractivity contribution in [2.45, 2.75) is 57.2 Å². The van der Waals surface area contributed by atoms with Gasteiger partial charge in [0.25, 0.3) is 0 Å². The lowest BCUT2D eigenvalue weighted by Gasteiger charge is -2.34. The van der Waals surface area contributed by atoms with Gasteiger partial charge in [0.15, 0.2) is 0 Å². The van der Waals surface area contributed by atoms with E-state index in [9.17, 15) is 24.0 Å². The van der Waals surface area contributed by atoms with Crippen LogP contribution in [0.4, 0.5) is 0 Å². The lowest BCUT2D eigenvalue weighted by atomic mass is 9.98.